The van der Waals surface area contributed by atoms with E-state index in [0.717, 1.165) is 21.9 Å². The van der Waals surface area contributed by atoms with Crippen LogP contribution in [0.5, 0.6) is 0 Å². The second kappa shape index (κ2) is 5.43. The molecule has 0 radical (unpaired) electrons. The minimum absolute atomic E-state index is 0.619. The minimum atomic E-state index is 0.619. The highest BCUT2D eigenvalue weighted by atomic mass is 35.5. The van der Waals surface area contributed by atoms with E-state index in [2.05, 4.69) is 16.2 Å². The third kappa shape index (κ3) is 2.62. The first kappa shape index (κ1) is 14.0. The van der Waals surface area contributed by atoms with Gasteiger partial charge in [0.05, 0.1) is 28.4 Å². The second-order valence-electron chi connectivity index (χ2n) is 4.64. The maximum Gasteiger partial charge on any atom is 0.169 e. The molecule has 0 aliphatic rings. The van der Waals surface area contributed by atoms with Crippen LogP contribution in [-0.2, 0) is 19.8 Å². The number of thioether (sulfide) groups is 1. The molecule has 3 rings (SSSR count). The molecule has 0 spiro atoms. The number of hydrogen-bond acceptors (Lipinski definition) is 4. The monoisotopic (exact) mass is 317 g/mol. The molecule has 0 bridgehead atoms. The Balaban J connectivity index is 1.87. The molecule has 21 heavy (non-hydrogen) atoms. The number of benzene rings is 1. The topological polar surface area (TPSA) is 59.4 Å². The third-order valence-corrected chi connectivity index (χ3v) is 4.61. The Bertz CT molecular complexity index is 839. The fourth-order valence-electron chi connectivity index (χ4n) is 2.09. The van der Waals surface area contributed by atoms with Crippen molar-refractivity contribution in [2.45, 2.75) is 10.9 Å². The maximum absolute atomic E-state index is 8.94. The quantitative estimate of drug-likeness (QED) is 0.696. The number of aromatic nitrogens is 4. The first-order chi connectivity index (χ1) is 10.1. The van der Waals surface area contributed by atoms with Crippen molar-refractivity contribution in [3.8, 4) is 6.07 Å². The van der Waals surface area contributed by atoms with Gasteiger partial charge in [0.25, 0.3) is 0 Å². The fraction of sp³-hybridized carbons (Fsp3) is 0.214. The van der Waals surface area contributed by atoms with Gasteiger partial charge in [0.15, 0.2) is 5.16 Å². The Kier molecular flexibility index (Phi) is 3.62. The van der Waals surface area contributed by atoms with E-state index in [-0.39, 0.29) is 0 Å². The summed E-state index contributed by atoms with van der Waals surface area (Å²) in [6.07, 6.45) is 0. The van der Waals surface area contributed by atoms with E-state index in [0.29, 0.717) is 16.5 Å². The Morgan fingerprint density at radius 3 is 2.81 bits per heavy atom. The molecule has 0 saturated heterocycles. The van der Waals surface area contributed by atoms with Crippen molar-refractivity contribution in [1.29, 1.82) is 5.26 Å². The first-order valence-electron chi connectivity index (χ1n) is 6.26. The van der Waals surface area contributed by atoms with Gasteiger partial charge in [-0.05, 0) is 24.3 Å². The van der Waals surface area contributed by atoms with E-state index in [1.54, 1.807) is 28.6 Å². The molecule has 0 amide bonds. The van der Waals surface area contributed by atoms with Crippen molar-refractivity contribution >= 4 is 34.4 Å². The van der Waals surface area contributed by atoms with Crippen molar-refractivity contribution in [2.75, 3.05) is 0 Å². The summed E-state index contributed by atoms with van der Waals surface area (Å²) in [6.45, 7) is 0. The van der Waals surface area contributed by atoms with Crippen LogP contribution in [0.2, 0.25) is 5.15 Å². The van der Waals surface area contributed by atoms with Gasteiger partial charge in [-0.15, -0.1) is 0 Å². The van der Waals surface area contributed by atoms with Crippen LogP contribution in [0.1, 0.15) is 11.3 Å². The summed E-state index contributed by atoms with van der Waals surface area (Å²) in [6, 6.07) is 9.51. The Morgan fingerprint density at radius 2 is 2.14 bits per heavy atom. The van der Waals surface area contributed by atoms with Crippen molar-refractivity contribution in [1.82, 2.24) is 19.3 Å². The van der Waals surface area contributed by atoms with E-state index >= 15 is 0 Å². The summed E-state index contributed by atoms with van der Waals surface area (Å²) in [5, 5.41) is 14.8. The number of nitriles is 1. The molecule has 2 aromatic heterocycles. The summed E-state index contributed by atoms with van der Waals surface area (Å²) in [4.78, 5) is 4.57. The Labute approximate surface area is 131 Å². The Morgan fingerprint density at radius 1 is 1.33 bits per heavy atom. The van der Waals surface area contributed by atoms with Crippen LogP contribution in [0.25, 0.3) is 11.0 Å². The van der Waals surface area contributed by atoms with Crippen molar-refractivity contribution in [3.05, 3.63) is 40.7 Å². The average molecular weight is 318 g/mol. The molecule has 0 saturated carbocycles. The SMILES string of the molecule is Cn1nc(CSc2nc3cc(C#N)ccc3n2C)cc1Cl. The lowest BCUT2D eigenvalue weighted by atomic mass is 10.2. The van der Waals surface area contributed by atoms with E-state index in [9.17, 15) is 0 Å². The van der Waals surface area contributed by atoms with Crippen LogP contribution in [-0.4, -0.2) is 19.3 Å². The number of imidazole rings is 1. The van der Waals surface area contributed by atoms with Gasteiger partial charge in [-0.25, -0.2) is 4.98 Å². The van der Waals surface area contributed by atoms with E-state index in [1.165, 1.54) is 0 Å². The largest absolute Gasteiger partial charge is 0.322 e. The van der Waals surface area contributed by atoms with Crippen molar-refractivity contribution in [3.63, 3.8) is 0 Å². The van der Waals surface area contributed by atoms with Crippen LogP contribution >= 0.6 is 23.4 Å². The zero-order chi connectivity index (χ0) is 15.0. The molecule has 7 heteroatoms. The normalized spacial score (nSPS) is 11.0. The molecule has 0 aliphatic heterocycles. The van der Waals surface area contributed by atoms with E-state index < -0.39 is 0 Å². The molecule has 0 fully saturated rings. The molecule has 3 aromatic rings. The number of nitrogens with zero attached hydrogens (tertiary/aromatic N) is 5. The molecule has 106 valence electrons. The predicted molar refractivity (Wildman–Crippen MR) is 83.2 cm³/mol. The number of hydrogen-bond donors (Lipinski definition) is 0. The van der Waals surface area contributed by atoms with Gasteiger partial charge in [-0.1, -0.05) is 23.4 Å². The van der Waals surface area contributed by atoms with Gasteiger partial charge in [0.2, 0.25) is 0 Å². The molecular weight excluding hydrogens is 306 g/mol. The summed E-state index contributed by atoms with van der Waals surface area (Å²) >= 11 is 7.58. The van der Waals surface area contributed by atoms with E-state index in [1.807, 2.05) is 30.8 Å². The third-order valence-electron chi connectivity index (χ3n) is 3.19. The second-order valence-corrected chi connectivity index (χ2v) is 5.97. The van der Waals surface area contributed by atoms with Gasteiger partial charge in [0, 0.05) is 19.8 Å². The smallest absolute Gasteiger partial charge is 0.169 e. The van der Waals surface area contributed by atoms with Gasteiger partial charge in [-0.3, -0.25) is 4.68 Å². The number of aryl methyl sites for hydroxylation is 2. The zero-order valence-electron chi connectivity index (χ0n) is 11.5. The molecule has 0 unspecified atom stereocenters. The minimum Gasteiger partial charge on any atom is -0.322 e. The van der Waals surface area contributed by atoms with Crippen LogP contribution in [0.15, 0.2) is 29.4 Å². The van der Waals surface area contributed by atoms with Crippen LogP contribution in [0, 0.1) is 11.3 Å². The lowest BCUT2D eigenvalue weighted by molar-refractivity contribution is 0.754. The van der Waals surface area contributed by atoms with E-state index in [4.69, 9.17) is 16.9 Å². The van der Waals surface area contributed by atoms with Crippen molar-refractivity contribution in [2.24, 2.45) is 14.1 Å². The van der Waals surface area contributed by atoms with Crippen LogP contribution in [0.3, 0.4) is 0 Å². The maximum atomic E-state index is 8.94. The summed E-state index contributed by atoms with van der Waals surface area (Å²) < 4.78 is 3.66. The standard InChI is InChI=1S/C14H12ClN5S/c1-19-12-4-3-9(7-16)5-11(12)17-14(19)21-8-10-6-13(15)20(2)18-10/h3-6H,8H2,1-2H3. The van der Waals surface area contributed by atoms with Gasteiger partial charge >= 0.3 is 0 Å². The molecule has 1 aromatic carbocycles. The van der Waals surface area contributed by atoms with Gasteiger partial charge in [-0.2, -0.15) is 10.4 Å². The first-order valence-corrected chi connectivity index (χ1v) is 7.62. The molecule has 0 aliphatic carbocycles. The summed E-state index contributed by atoms with van der Waals surface area (Å²) in [7, 11) is 3.78. The fourth-order valence-corrected chi connectivity index (χ4v) is 3.12. The van der Waals surface area contributed by atoms with Crippen LogP contribution in [0.4, 0.5) is 0 Å². The molecule has 0 N–H and O–H groups in total. The lowest BCUT2D eigenvalue weighted by Crippen LogP contribution is -1.93. The van der Waals surface area contributed by atoms with Gasteiger partial charge in [0.1, 0.15) is 5.15 Å². The highest BCUT2D eigenvalue weighted by Gasteiger charge is 2.10. The highest BCUT2D eigenvalue weighted by molar-refractivity contribution is 7.98. The zero-order valence-corrected chi connectivity index (χ0v) is 13.1. The number of fused-ring (bicyclic) bond motifs is 1. The highest BCUT2D eigenvalue weighted by Crippen LogP contribution is 2.26. The molecule has 5 nitrogen and oxygen atoms in total. The Hall–Kier alpha value is -1.97. The number of rotatable bonds is 3. The summed E-state index contributed by atoms with van der Waals surface area (Å²) in [5.41, 5.74) is 3.37. The average Bonchev–Trinajstić information content (AvgIpc) is 2.97. The number of halogens is 1. The van der Waals surface area contributed by atoms with Crippen molar-refractivity contribution < 1.29 is 0 Å². The van der Waals surface area contributed by atoms with Crippen LogP contribution < -0.4 is 0 Å². The molecular formula is C14H12ClN5S. The predicted octanol–water partition coefficient (Wildman–Crippen LogP) is 3.12. The summed E-state index contributed by atoms with van der Waals surface area (Å²) in [5.74, 6) is 0.697. The van der Waals surface area contributed by atoms with Gasteiger partial charge < -0.3 is 4.57 Å². The molecule has 0 atom stereocenters. The lowest BCUT2D eigenvalue weighted by Gasteiger charge is -2.00. The molecule has 2 heterocycles.